The van der Waals surface area contributed by atoms with Crippen LogP contribution in [0.15, 0.2) is 65.8 Å². The Morgan fingerprint density at radius 2 is 1.97 bits per heavy atom. The van der Waals surface area contributed by atoms with E-state index in [4.69, 9.17) is 0 Å². The van der Waals surface area contributed by atoms with Crippen LogP contribution < -0.4 is 5.43 Å². The Labute approximate surface area is 177 Å². The second-order valence-electron chi connectivity index (χ2n) is 7.20. The van der Waals surface area contributed by atoms with Crippen LogP contribution >= 0.6 is 11.3 Å². The van der Waals surface area contributed by atoms with Crippen LogP contribution in [-0.4, -0.2) is 31.9 Å². The van der Waals surface area contributed by atoms with Gasteiger partial charge in [0.15, 0.2) is 0 Å². The van der Waals surface area contributed by atoms with E-state index in [2.05, 4.69) is 37.7 Å². The Bertz CT molecular complexity index is 1230. The van der Waals surface area contributed by atoms with E-state index in [1.807, 2.05) is 48.7 Å². The van der Waals surface area contributed by atoms with E-state index < -0.39 is 0 Å². The second-order valence-corrected chi connectivity index (χ2v) is 8.25. The number of para-hydroxylation sites is 1. The summed E-state index contributed by atoms with van der Waals surface area (Å²) in [4.78, 5) is 20.0. The Kier molecular flexibility index (Phi) is 4.76. The number of fused-ring (bicyclic) bond motifs is 1. The molecule has 4 aromatic rings. The van der Waals surface area contributed by atoms with Crippen molar-refractivity contribution in [2.75, 3.05) is 0 Å². The van der Waals surface area contributed by atoms with Crippen molar-refractivity contribution in [2.24, 2.45) is 4.99 Å². The molecule has 3 heterocycles. The van der Waals surface area contributed by atoms with Crippen molar-refractivity contribution >= 4 is 39.1 Å². The number of rotatable bonds is 4. The number of nitrogens with one attached hydrogen (secondary N) is 2. The molecule has 1 atom stereocenters. The summed E-state index contributed by atoms with van der Waals surface area (Å²) < 4.78 is 0. The van der Waals surface area contributed by atoms with Gasteiger partial charge in [-0.1, -0.05) is 59.9 Å². The molecule has 0 saturated carbocycles. The number of amidine groups is 1. The molecule has 5 rings (SSSR count). The van der Waals surface area contributed by atoms with Gasteiger partial charge in [-0.15, -0.1) is 10.2 Å². The minimum absolute atomic E-state index is 0.0497. The maximum absolute atomic E-state index is 12.1. The number of benzene rings is 2. The minimum atomic E-state index is -0.0823. The largest absolute Gasteiger partial charge is 0.361 e. The predicted molar refractivity (Wildman–Crippen MR) is 118 cm³/mol. The number of hydrazine groups is 1. The lowest BCUT2D eigenvalue weighted by molar-refractivity contribution is -0.132. The van der Waals surface area contributed by atoms with E-state index >= 15 is 0 Å². The van der Waals surface area contributed by atoms with E-state index in [0.717, 1.165) is 16.1 Å². The summed E-state index contributed by atoms with van der Waals surface area (Å²) in [5, 5.41) is 12.9. The molecule has 0 radical (unpaired) electrons. The highest BCUT2D eigenvalue weighted by atomic mass is 32.1. The van der Waals surface area contributed by atoms with Crippen LogP contribution in [-0.2, 0) is 11.2 Å². The molecule has 1 aliphatic heterocycles. The molecule has 30 heavy (non-hydrogen) atoms. The molecule has 1 aliphatic rings. The van der Waals surface area contributed by atoms with Crippen LogP contribution in [0.2, 0.25) is 0 Å². The Hall–Kier alpha value is -3.52. The zero-order valence-electron chi connectivity index (χ0n) is 16.4. The quantitative estimate of drug-likeness (QED) is 0.524. The maximum atomic E-state index is 12.1. The summed E-state index contributed by atoms with van der Waals surface area (Å²) in [7, 11) is 0. The van der Waals surface area contributed by atoms with Crippen LogP contribution in [0.25, 0.3) is 10.9 Å². The molecule has 0 aliphatic carbocycles. The van der Waals surface area contributed by atoms with Gasteiger partial charge in [0.1, 0.15) is 10.8 Å². The number of amides is 1. The Morgan fingerprint density at radius 1 is 1.17 bits per heavy atom. The third-order valence-corrected chi connectivity index (χ3v) is 5.99. The van der Waals surface area contributed by atoms with Crippen molar-refractivity contribution in [1.29, 1.82) is 0 Å². The standard InChI is InChI=1S/C22H20N6OS/c1-14(29)28-19(15-7-3-2-4-8-15)12-20(27-28)24-22-26-25-21(30-22)11-16-13-23-18-10-6-5-9-17(16)18/h2-10,13,19,23H,11-12H2,1H3,(H,24,26,27). The van der Waals surface area contributed by atoms with Gasteiger partial charge in [0, 0.05) is 36.9 Å². The first-order valence-electron chi connectivity index (χ1n) is 9.74. The molecule has 2 aromatic heterocycles. The normalized spacial score (nSPS) is 17.6. The third kappa shape index (κ3) is 3.57. The third-order valence-electron chi connectivity index (χ3n) is 5.17. The van der Waals surface area contributed by atoms with E-state index in [9.17, 15) is 4.79 Å². The van der Waals surface area contributed by atoms with E-state index in [-0.39, 0.29) is 11.9 Å². The zero-order chi connectivity index (χ0) is 20.5. The van der Waals surface area contributed by atoms with Crippen LogP contribution in [0.4, 0.5) is 5.13 Å². The number of nitrogens with zero attached hydrogens (tertiary/aromatic N) is 4. The van der Waals surface area contributed by atoms with E-state index in [0.29, 0.717) is 23.8 Å². The molecule has 0 spiro atoms. The van der Waals surface area contributed by atoms with Gasteiger partial charge in [-0.3, -0.25) is 10.2 Å². The van der Waals surface area contributed by atoms with Crippen molar-refractivity contribution in [2.45, 2.75) is 25.8 Å². The monoisotopic (exact) mass is 416 g/mol. The first-order chi connectivity index (χ1) is 14.7. The minimum Gasteiger partial charge on any atom is -0.361 e. The number of carbonyl (C=O) groups excluding carboxylic acids is 1. The lowest BCUT2D eigenvalue weighted by atomic mass is 10.0. The predicted octanol–water partition coefficient (Wildman–Crippen LogP) is 4.14. The lowest BCUT2D eigenvalue weighted by Crippen LogP contribution is -2.38. The first kappa shape index (κ1) is 18.5. The maximum Gasteiger partial charge on any atom is 0.238 e. The lowest BCUT2D eigenvalue weighted by Gasteiger charge is -2.22. The summed E-state index contributed by atoms with van der Waals surface area (Å²) in [6.07, 6.45) is 3.33. The molecule has 1 saturated heterocycles. The highest BCUT2D eigenvalue weighted by molar-refractivity contribution is 7.15. The van der Waals surface area contributed by atoms with Crippen molar-refractivity contribution in [3.63, 3.8) is 0 Å². The van der Waals surface area contributed by atoms with Crippen LogP contribution in [0, 0.1) is 0 Å². The molecule has 1 unspecified atom stereocenters. The van der Waals surface area contributed by atoms with Crippen molar-refractivity contribution < 1.29 is 4.79 Å². The number of aliphatic imine (C=N–C) groups is 1. The zero-order valence-corrected chi connectivity index (χ0v) is 17.2. The number of aromatic nitrogens is 3. The summed E-state index contributed by atoms with van der Waals surface area (Å²) in [6, 6.07) is 18.1. The van der Waals surface area contributed by atoms with Gasteiger partial charge in [0.05, 0.1) is 6.04 Å². The molecule has 1 amide bonds. The fourth-order valence-corrected chi connectivity index (χ4v) is 4.52. The molecule has 150 valence electrons. The van der Waals surface area contributed by atoms with Gasteiger partial charge in [0.2, 0.25) is 11.0 Å². The SMILES string of the molecule is CC(=O)N1N/C(=N/c2nnc(Cc3c[nH]c4ccccc34)s2)CC1c1ccccc1. The number of hydrogen-bond acceptors (Lipinski definition) is 5. The highest BCUT2D eigenvalue weighted by Gasteiger charge is 2.32. The number of carbonyl (C=O) groups is 1. The van der Waals surface area contributed by atoms with Crippen molar-refractivity contribution in [3.8, 4) is 0 Å². The summed E-state index contributed by atoms with van der Waals surface area (Å²) in [5.41, 5.74) is 6.51. The fraction of sp³-hybridized carbons (Fsp3) is 0.182. The Balaban J connectivity index is 1.35. The van der Waals surface area contributed by atoms with Crippen molar-refractivity contribution in [3.05, 3.63) is 76.9 Å². The second kappa shape index (κ2) is 7.72. The molecule has 2 aromatic carbocycles. The molecule has 7 nitrogen and oxygen atoms in total. The van der Waals surface area contributed by atoms with Gasteiger partial charge in [-0.25, -0.2) is 10.0 Å². The first-order valence-corrected chi connectivity index (χ1v) is 10.6. The molecule has 0 bridgehead atoms. The summed E-state index contributed by atoms with van der Waals surface area (Å²) in [6.45, 7) is 1.55. The molecular formula is C22H20N6OS. The Morgan fingerprint density at radius 3 is 2.80 bits per heavy atom. The highest BCUT2D eigenvalue weighted by Crippen LogP contribution is 2.30. The molecular weight excluding hydrogens is 396 g/mol. The number of hydrogen-bond donors (Lipinski definition) is 2. The van der Waals surface area contributed by atoms with Crippen molar-refractivity contribution in [1.82, 2.24) is 25.6 Å². The summed E-state index contributed by atoms with van der Waals surface area (Å²) in [5.74, 6) is 0.667. The van der Waals surface area contributed by atoms with Crippen LogP contribution in [0.5, 0.6) is 0 Å². The van der Waals surface area contributed by atoms with Gasteiger partial charge in [0.25, 0.3) is 0 Å². The average molecular weight is 417 g/mol. The molecule has 1 fully saturated rings. The fourth-order valence-electron chi connectivity index (χ4n) is 3.77. The van der Waals surface area contributed by atoms with Gasteiger partial charge in [-0.05, 0) is 17.2 Å². The van der Waals surface area contributed by atoms with E-state index in [1.54, 1.807) is 11.9 Å². The van der Waals surface area contributed by atoms with Crippen LogP contribution in [0.1, 0.15) is 35.5 Å². The average Bonchev–Trinajstić information content (AvgIpc) is 3.49. The smallest absolute Gasteiger partial charge is 0.238 e. The van der Waals surface area contributed by atoms with Gasteiger partial charge in [-0.2, -0.15) is 0 Å². The molecule has 8 heteroatoms. The topological polar surface area (TPSA) is 86.3 Å². The number of aromatic amines is 1. The van der Waals surface area contributed by atoms with Gasteiger partial charge >= 0.3 is 0 Å². The van der Waals surface area contributed by atoms with Crippen LogP contribution in [0.3, 0.4) is 0 Å². The number of H-pyrrole nitrogens is 1. The molecule has 2 N–H and O–H groups in total. The van der Waals surface area contributed by atoms with E-state index in [1.165, 1.54) is 22.3 Å². The summed E-state index contributed by atoms with van der Waals surface area (Å²) >= 11 is 1.47. The van der Waals surface area contributed by atoms with Gasteiger partial charge < -0.3 is 4.98 Å².